The molecule has 0 unspecified atom stereocenters. The Morgan fingerprint density at radius 2 is 1.76 bits per heavy atom. The van der Waals surface area contributed by atoms with Crippen LogP contribution in [-0.4, -0.2) is 51.8 Å². The normalized spacial score (nSPS) is 13.5. The Bertz CT molecular complexity index is 887. The monoisotopic (exact) mass is 417 g/mol. The first-order chi connectivity index (χ1) is 14.0. The molecule has 6 nitrogen and oxygen atoms in total. The van der Waals surface area contributed by atoms with E-state index in [4.69, 9.17) is 30.5 Å². The van der Waals surface area contributed by atoms with Crippen molar-refractivity contribution < 1.29 is 23.7 Å². The average Bonchev–Trinajstić information content (AvgIpc) is 2.76. The molecule has 2 aromatic rings. The van der Waals surface area contributed by atoms with E-state index in [9.17, 15) is 4.79 Å². The molecule has 0 saturated carbocycles. The van der Waals surface area contributed by atoms with Gasteiger partial charge in [-0.2, -0.15) is 0 Å². The van der Waals surface area contributed by atoms with E-state index in [1.165, 1.54) is 0 Å². The minimum atomic E-state index is -0.0751. The number of hydrogen-bond acceptors (Lipinski definition) is 5. The fourth-order valence-corrected chi connectivity index (χ4v) is 3.42. The van der Waals surface area contributed by atoms with Gasteiger partial charge < -0.3 is 23.8 Å². The number of hydrogen-bond donors (Lipinski definition) is 0. The van der Waals surface area contributed by atoms with Gasteiger partial charge in [0.1, 0.15) is 23.0 Å². The first-order valence-electron chi connectivity index (χ1n) is 9.21. The third-order valence-electron chi connectivity index (χ3n) is 4.76. The van der Waals surface area contributed by atoms with Crippen molar-refractivity contribution in [3.05, 3.63) is 53.1 Å². The van der Waals surface area contributed by atoms with E-state index in [0.717, 1.165) is 11.1 Å². The summed E-state index contributed by atoms with van der Waals surface area (Å²) in [6, 6.07) is 10.7. The number of nitrogens with zero attached hydrogens (tertiary/aromatic N) is 1. The van der Waals surface area contributed by atoms with Gasteiger partial charge in [0.05, 0.1) is 26.9 Å². The Labute approximate surface area is 175 Å². The van der Waals surface area contributed by atoms with E-state index in [-0.39, 0.29) is 12.5 Å². The van der Waals surface area contributed by atoms with Crippen LogP contribution in [0.25, 0.3) is 5.57 Å². The summed E-state index contributed by atoms with van der Waals surface area (Å²) in [6.07, 6.45) is 2.70. The van der Waals surface area contributed by atoms with Gasteiger partial charge in [0.2, 0.25) is 0 Å². The maximum Gasteiger partial charge on any atom is 0.260 e. The highest BCUT2D eigenvalue weighted by atomic mass is 35.5. The summed E-state index contributed by atoms with van der Waals surface area (Å²) in [6.45, 7) is 1.05. The van der Waals surface area contributed by atoms with Crippen LogP contribution in [0.2, 0.25) is 5.02 Å². The number of methoxy groups -OCH3 is 3. The minimum absolute atomic E-state index is 0.0291. The van der Waals surface area contributed by atoms with Crippen molar-refractivity contribution in [2.45, 2.75) is 6.42 Å². The molecular formula is C22H24ClNO5. The molecule has 1 aliphatic heterocycles. The number of amides is 1. The second-order valence-electron chi connectivity index (χ2n) is 6.47. The number of halogens is 1. The van der Waals surface area contributed by atoms with Crippen molar-refractivity contribution in [2.24, 2.45) is 0 Å². The van der Waals surface area contributed by atoms with Gasteiger partial charge in [-0.05, 0) is 30.2 Å². The third-order valence-corrected chi connectivity index (χ3v) is 4.99. The van der Waals surface area contributed by atoms with Crippen molar-refractivity contribution >= 4 is 23.1 Å². The largest absolute Gasteiger partial charge is 0.496 e. The number of benzene rings is 2. The number of carbonyl (C=O) groups is 1. The summed E-state index contributed by atoms with van der Waals surface area (Å²) in [4.78, 5) is 14.3. The summed E-state index contributed by atoms with van der Waals surface area (Å²) in [5.41, 5.74) is 1.96. The molecule has 29 heavy (non-hydrogen) atoms. The van der Waals surface area contributed by atoms with Crippen LogP contribution in [-0.2, 0) is 4.79 Å². The smallest absolute Gasteiger partial charge is 0.260 e. The van der Waals surface area contributed by atoms with E-state index >= 15 is 0 Å². The van der Waals surface area contributed by atoms with Gasteiger partial charge in [-0.15, -0.1) is 0 Å². The quantitative estimate of drug-likeness (QED) is 0.680. The SMILES string of the molecule is COc1cc(OC)c(C2=CCN(C(=O)COc3cccc(Cl)c3)CC2)c(OC)c1. The maximum atomic E-state index is 12.5. The van der Waals surface area contributed by atoms with Crippen LogP contribution in [0.15, 0.2) is 42.5 Å². The Hall–Kier alpha value is -2.86. The number of carbonyl (C=O) groups excluding carboxylic acids is 1. The van der Waals surface area contributed by atoms with E-state index in [1.54, 1.807) is 50.5 Å². The van der Waals surface area contributed by atoms with Crippen LogP contribution in [0.1, 0.15) is 12.0 Å². The summed E-state index contributed by atoms with van der Waals surface area (Å²) in [5, 5.41) is 0.572. The summed E-state index contributed by atoms with van der Waals surface area (Å²) < 4.78 is 22.0. The van der Waals surface area contributed by atoms with Gasteiger partial charge >= 0.3 is 0 Å². The van der Waals surface area contributed by atoms with Gasteiger partial charge in [0, 0.05) is 30.2 Å². The molecule has 7 heteroatoms. The highest BCUT2D eigenvalue weighted by Crippen LogP contribution is 2.40. The van der Waals surface area contributed by atoms with E-state index < -0.39 is 0 Å². The van der Waals surface area contributed by atoms with E-state index in [2.05, 4.69) is 0 Å². The standard InChI is InChI=1S/C22H24ClNO5/c1-26-18-12-19(27-2)22(20(13-18)28-3)15-7-9-24(10-8-15)21(25)14-29-17-6-4-5-16(23)11-17/h4-7,11-13H,8-10,14H2,1-3H3. The van der Waals surface area contributed by atoms with Gasteiger partial charge in [-0.3, -0.25) is 4.79 Å². The average molecular weight is 418 g/mol. The van der Waals surface area contributed by atoms with Gasteiger partial charge in [-0.25, -0.2) is 0 Å². The van der Waals surface area contributed by atoms with Crippen LogP contribution in [0, 0.1) is 0 Å². The third kappa shape index (κ3) is 4.95. The molecule has 0 radical (unpaired) electrons. The lowest BCUT2D eigenvalue weighted by molar-refractivity contribution is -0.132. The highest BCUT2D eigenvalue weighted by Gasteiger charge is 2.23. The molecule has 1 heterocycles. The molecule has 0 bridgehead atoms. The van der Waals surface area contributed by atoms with E-state index in [0.29, 0.717) is 47.5 Å². The van der Waals surface area contributed by atoms with Crippen LogP contribution >= 0.6 is 11.6 Å². The molecule has 0 aliphatic carbocycles. The molecule has 2 aromatic carbocycles. The minimum Gasteiger partial charge on any atom is -0.496 e. The Morgan fingerprint density at radius 1 is 1.03 bits per heavy atom. The van der Waals surface area contributed by atoms with Gasteiger partial charge in [0.15, 0.2) is 6.61 Å². The second kappa shape index (κ2) is 9.56. The Kier molecular flexibility index (Phi) is 6.88. The molecule has 0 N–H and O–H groups in total. The van der Waals surface area contributed by atoms with Gasteiger partial charge in [0.25, 0.3) is 5.91 Å². The summed E-state index contributed by atoms with van der Waals surface area (Å²) in [7, 11) is 4.83. The van der Waals surface area contributed by atoms with E-state index in [1.807, 2.05) is 18.2 Å². The molecule has 3 rings (SSSR count). The second-order valence-corrected chi connectivity index (χ2v) is 6.91. The molecule has 1 amide bonds. The first-order valence-corrected chi connectivity index (χ1v) is 9.59. The van der Waals surface area contributed by atoms with Crippen molar-refractivity contribution in [1.82, 2.24) is 4.90 Å². The summed E-state index contributed by atoms with van der Waals surface area (Å²) in [5.74, 6) is 2.52. The lowest BCUT2D eigenvalue weighted by atomic mass is 9.97. The predicted molar refractivity (Wildman–Crippen MR) is 112 cm³/mol. The van der Waals surface area contributed by atoms with Crippen LogP contribution < -0.4 is 18.9 Å². The first kappa shape index (κ1) is 20.9. The lowest BCUT2D eigenvalue weighted by Crippen LogP contribution is -2.37. The maximum absolute atomic E-state index is 12.5. The molecule has 0 fully saturated rings. The van der Waals surface area contributed by atoms with Crippen molar-refractivity contribution in [3.8, 4) is 23.0 Å². The van der Waals surface area contributed by atoms with Crippen molar-refractivity contribution in [1.29, 1.82) is 0 Å². The zero-order chi connectivity index (χ0) is 20.8. The fourth-order valence-electron chi connectivity index (χ4n) is 3.24. The predicted octanol–water partition coefficient (Wildman–Crippen LogP) is 4.06. The van der Waals surface area contributed by atoms with Gasteiger partial charge in [-0.1, -0.05) is 23.7 Å². The Balaban J connectivity index is 1.69. The number of ether oxygens (including phenoxy) is 4. The molecule has 154 valence electrons. The topological polar surface area (TPSA) is 57.2 Å². The Morgan fingerprint density at radius 3 is 2.31 bits per heavy atom. The zero-order valence-electron chi connectivity index (χ0n) is 16.7. The van der Waals surface area contributed by atoms with Crippen molar-refractivity contribution in [3.63, 3.8) is 0 Å². The van der Waals surface area contributed by atoms with Crippen LogP contribution in [0.5, 0.6) is 23.0 Å². The molecule has 1 aliphatic rings. The lowest BCUT2D eigenvalue weighted by Gasteiger charge is -2.28. The fraction of sp³-hybridized carbons (Fsp3) is 0.318. The highest BCUT2D eigenvalue weighted by molar-refractivity contribution is 6.30. The van der Waals surface area contributed by atoms with Crippen LogP contribution in [0.4, 0.5) is 0 Å². The summed E-state index contributed by atoms with van der Waals surface area (Å²) >= 11 is 5.94. The molecule has 0 spiro atoms. The van der Waals surface area contributed by atoms with Crippen molar-refractivity contribution in [2.75, 3.05) is 41.0 Å². The zero-order valence-corrected chi connectivity index (χ0v) is 17.5. The van der Waals surface area contributed by atoms with Crippen LogP contribution in [0.3, 0.4) is 0 Å². The molecular weight excluding hydrogens is 394 g/mol. The molecule has 0 saturated heterocycles. The molecule has 0 aromatic heterocycles. The molecule has 0 atom stereocenters. The number of rotatable bonds is 7.